The Balaban J connectivity index is 2.87. The van der Waals surface area contributed by atoms with Gasteiger partial charge in [-0.2, -0.15) is 0 Å². The Morgan fingerprint density at radius 2 is 2.08 bits per heavy atom. The quantitative estimate of drug-likeness (QED) is 0.642. The fourth-order valence-corrected chi connectivity index (χ4v) is 1.80. The van der Waals surface area contributed by atoms with E-state index in [-0.39, 0.29) is 0 Å². The Morgan fingerprint density at radius 3 is 2.85 bits per heavy atom. The minimum absolute atomic E-state index is 1.09. The average Bonchev–Trinajstić information content (AvgIpc) is 2.17. The first-order valence-electron chi connectivity index (χ1n) is 4.65. The van der Waals surface area contributed by atoms with Gasteiger partial charge in [-0.25, -0.2) is 0 Å². The Hall–Kier alpha value is -1.37. The van der Waals surface area contributed by atoms with E-state index >= 15 is 0 Å². The fraction of sp³-hybridized carbons (Fsp3) is 0.250. The summed E-state index contributed by atoms with van der Waals surface area (Å²) in [5.74, 6) is 0. The van der Waals surface area contributed by atoms with Crippen LogP contribution in [0.3, 0.4) is 0 Å². The number of nitrogens with zero attached hydrogens (tertiary/aromatic N) is 1. The summed E-state index contributed by atoms with van der Waals surface area (Å²) in [5, 5.41) is 2.62. The first kappa shape index (κ1) is 8.24. The Labute approximate surface area is 78.4 Å². The highest BCUT2D eigenvalue weighted by molar-refractivity contribution is 5.87. The van der Waals surface area contributed by atoms with Gasteiger partial charge in [-0.1, -0.05) is 25.1 Å². The molecule has 13 heavy (non-hydrogen) atoms. The van der Waals surface area contributed by atoms with Crippen LogP contribution in [-0.2, 0) is 6.42 Å². The molecule has 0 bridgehead atoms. The van der Waals surface area contributed by atoms with Gasteiger partial charge in [-0.15, -0.1) is 0 Å². The molecule has 2 aromatic rings. The van der Waals surface area contributed by atoms with E-state index in [2.05, 4.69) is 37.0 Å². The van der Waals surface area contributed by atoms with Crippen LogP contribution in [-0.4, -0.2) is 4.98 Å². The molecule has 1 aromatic carbocycles. The minimum Gasteiger partial charge on any atom is -0.264 e. The number of hydrogen-bond donors (Lipinski definition) is 0. The number of fused-ring (bicyclic) bond motifs is 1. The maximum absolute atomic E-state index is 4.19. The third kappa shape index (κ3) is 1.31. The van der Waals surface area contributed by atoms with E-state index in [0.717, 1.165) is 6.42 Å². The molecule has 1 heterocycles. The van der Waals surface area contributed by atoms with E-state index in [1.165, 1.54) is 21.9 Å². The monoisotopic (exact) mass is 171 g/mol. The van der Waals surface area contributed by atoms with Crippen LogP contribution in [0.25, 0.3) is 10.8 Å². The second-order valence-corrected chi connectivity index (χ2v) is 3.33. The molecule has 1 nitrogen and oxygen atoms in total. The van der Waals surface area contributed by atoms with Crippen LogP contribution in [0.4, 0.5) is 0 Å². The molecule has 0 N–H and O–H groups in total. The predicted octanol–water partition coefficient (Wildman–Crippen LogP) is 3.11. The van der Waals surface area contributed by atoms with Crippen molar-refractivity contribution in [1.82, 2.24) is 4.98 Å². The highest BCUT2D eigenvalue weighted by Gasteiger charge is 2.01. The Morgan fingerprint density at radius 1 is 1.23 bits per heavy atom. The van der Waals surface area contributed by atoms with E-state index in [4.69, 9.17) is 0 Å². The van der Waals surface area contributed by atoms with E-state index < -0.39 is 0 Å². The zero-order valence-corrected chi connectivity index (χ0v) is 8.04. The van der Waals surface area contributed by atoms with E-state index in [9.17, 15) is 0 Å². The lowest BCUT2D eigenvalue weighted by molar-refractivity contribution is 1.15. The van der Waals surface area contributed by atoms with Gasteiger partial charge >= 0.3 is 0 Å². The third-order valence-corrected chi connectivity index (χ3v) is 2.44. The highest BCUT2D eigenvalue weighted by Crippen LogP contribution is 2.21. The number of benzene rings is 1. The summed E-state index contributed by atoms with van der Waals surface area (Å²) in [7, 11) is 0. The van der Waals surface area contributed by atoms with E-state index in [1.54, 1.807) is 0 Å². The molecule has 0 amide bonds. The largest absolute Gasteiger partial charge is 0.264 e. The normalized spacial score (nSPS) is 10.6. The lowest BCUT2D eigenvalue weighted by Gasteiger charge is -2.05. The molecule has 0 aliphatic carbocycles. The van der Waals surface area contributed by atoms with E-state index in [0.29, 0.717) is 0 Å². The Kier molecular flexibility index (Phi) is 2.01. The summed E-state index contributed by atoms with van der Waals surface area (Å²) in [5.41, 5.74) is 2.69. The van der Waals surface area contributed by atoms with Crippen LogP contribution < -0.4 is 0 Å². The van der Waals surface area contributed by atoms with Crippen molar-refractivity contribution in [3.63, 3.8) is 0 Å². The number of hydrogen-bond acceptors (Lipinski definition) is 1. The summed E-state index contributed by atoms with van der Waals surface area (Å²) < 4.78 is 0. The summed E-state index contributed by atoms with van der Waals surface area (Å²) in [4.78, 5) is 4.19. The average molecular weight is 171 g/mol. The molecular formula is C12H13N. The summed E-state index contributed by atoms with van der Waals surface area (Å²) >= 11 is 0. The number of aryl methyl sites for hydroxylation is 2. The van der Waals surface area contributed by atoms with Crippen molar-refractivity contribution in [2.24, 2.45) is 0 Å². The molecule has 66 valence electrons. The summed E-state index contributed by atoms with van der Waals surface area (Å²) in [6, 6.07) is 6.41. The van der Waals surface area contributed by atoms with Gasteiger partial charge in [-0.3, -0.25) is 4.98 Å². The van der Waals surface area contributed by atoms with Gasteiger partial charge in [-0.05, 0) is 29.9 Å². The smallest absolute Gasteiger partial charge is 0.0346 e. The molecule has 0 aliphatic heterocycles. The molecule has 2 rings (SSSR count). The van der Waals surface area contributed by atoms with Crippen LogP contribution >= 0.6 is 0 Å². The molecule has 0 atom stereocenters. The van der Waals surface area contributed by atoms with Crippen LogP contribution in [0.1, 0.15) is 18.1 Å². The van der Waals surface area contributed by atoms with Crippen LogP contribution in [0.5, 0.6) is 0 Å². The molecule has 1 aromatic heterocycles. The van der Waals surface area contributed by atoms with Gasteiger partial charge in [0.05, 0.1) is 0 Å². The lowest BCUT2D eigenvalue weighted by Crippen LogP contribution is -1.87. The van der Waals surface area contributed by atoms with Crippen molar-refractivity contribution in [2.75, 3.05) is 0 Å². The van der Waals surface area contributed by atoms with Gasteiger partial charge in [0.15, 0.2) is 0 Å². The second kappa shape index (κ2) is 3.17. The SMILES string of the molecule is CCc1cccc2cncc(C)c12. The first-order valence-corrected chi connectivity index (χ1v) is 4.65. The lowest BCUT2D eigenvalue weighted by atomic mass is 10.0. The molecule has 0 fully saturated rings. The van der Waals surface area contributed by atoms with Crippen molar-refractivity contribution < 1.29 is 0 Å². The van der Waals surface area contributed by atoms with Gasteiger partial charge in [0.25, 0.3) is 0 Å². The zero-order valence-electron chi connectivity index (χ0n) is 8.04. The summed E-state index contributed by atoms with van der Waals surface area (Å²) in [6.07, 6.45) is 4.95. The van der Waals surface area contributed by atoms with E-state index in [1.807, 2.05) is 12.4 Å². The van der Waals surface area contributed by atoms with Gasteiger partial charge < -0.3 is 0 Å². The highest BCUT2D eigenvalue weighted by atomic mass is 14.6. The van der Waals surface area contributed by atoms with Crippen molar-refractivity contribution >= 4 is 10.8 Å². The van der Waals surface area contributed by atoms with Gasteiger partial charge in [0, 0.05) is 17.8 Å². The molecule has 1 heteroatoms. The van der Waals surface area contributed by atoms with Crippen molar-refractivity contribution in [1.29, 1.82) is 0 Å². The molecular weight excluding hydrogens is 158 g/mol. The first-order chi connectivity index (χ1) is 6.33. The standard InChI is InChI=1S/C12H13N/c1-3-10-5-4-6-11-8-13-7-9(2)12(10)11/h4-8H,3H2,1-2H3. The Bertz CT molecular complexity index is 427. The summed E-state index contributed by atoms with van der Waals surface area (Å²) in [6.45, 7) is 4.31. The van der Waals surface area contributed by atoms with Crippen LogP contribution in [0.2, 0.25) is 0 Å². The number of pyridine rings is 1. The van der Waals surface area contributed by atoms with Crippen LogP contribution in [0.15, 0.2) is 30.6 Å². The fourth-order valence-electron chi connectivity index (χ4n) is 1.80. The van der Waals surface area contributed by atoms with Gasteiger partial charge in [0.2, 0.25) is 0 Å². The van der Waals surface area contributed by atoms with Crippen molar-refractivity contribution in [3.05, 3.63) is 41.7 Å². The maximum Gasteiger partial charge on any atom is 0.0346 e. The number of rotatable bonds is 1. The zero-order chi connectivity index (χ0) is 9.26. The topological polar surface area (TPSA) is 12.9 Å². The molecule has 0 radical (unpaired) electrons. The van der Waals surface area contributed by atoms with Crippen molar-refractivity contribution in [3.8, 4) is 0 Å². The third-order valence-electron chi connectivity index (χ3n) is 2.44. The van der Waals surface area contributed by atoms with Crippen LogP contribution in [0, 0.1) is 6.92 Å². The molecule has 0 spiro atoms. The number of aromatic nitrogens is 1. The van der Waals surface area contributed by atoms with Gasteiger partial charge in [0.1, 0.15) is 0 Å². The molecule has 0 saturated heterocycles. The maximum atomic E-state index is 4.19. The minimum atomic E-state index is 1.09. The molecule has 0 aliphatic rings. The predicted molar refractivity (Wildman–Crippen MR) is 55.9 cm³/mol. The molecule has 0 saturated carbocycles. The molecule has 0 unspecified atom stereocenters. The second-order valence-electron chi connectivity index (χ2n) is 3.33. The van der Waals surface area contributed by atoms with Crippen molar-refractivity contribution in [2.45, 2.75) is 20.3 Å².